The van der Waals surface area contributed by atoms with Gasteiger partial charge < -0.3 is 10.0 Å². The molecule has 1 aliphatic rings. The van der Waals surface area contributed by atoms with Crippen LogP contribution >= 0.6 is 11.8 Å². The van der Waals surface area contributed by atoms with E-state index in [2.05, 4.69) is 5.92 Å². The van der Waals surface area contributed by atoms with Crippen LogP contribution in [0.4, 0.5) is 5.69 Å². The van der Waals surface area contributed by atoms with Crippen molar-refractivity contribution in [1.82, 2.24) is 0 Å². The minimum Gasteiger partial charge on any atom is -0.478 e. The van der Waals surface area contributed by atoms with E-state index < -0.39 is 5.97 Å². The van der Waals surface area contributed by atoms with Gasteiger partial charge in [0.2, 0.25) is 0 Å². The standard InChI is InChI=1S/C16H19NO2S/c1-3-10-17(11-12-8-9-12)13-6-5-7-14(20-4-2)15(13)16(18)19/h1,5-7,12H,4,8-11H2,2H3,(H,18,19). The third kappa shape index (κ3) is 3.49. The van der Waals surface area contributed by atoms with Crippen LogP contribution in [0.3, 0.4) is 0 Å². The van der Waals surface area contributed by atoms with Crippen LogP contribution in [0.5, 0.6) is 0 Å². The largest absolute Gasteiger partial charge is 0.478 e. The lowest BCUT2D eigenvalue weighted by Gasteiger charge is -2.25. The zero-order valence-electron chi connectivity index (χ0n) is 11.6. The molecule has 0 amide bonds. The fraction of sp³-hybridized carbons (Fsp3) is 0.438. The lowest BCUT2D eigenvalue weighted by molar-refractivity contribution is 0.0694. The summed E-state index contributed by atoms with van der Waals surface area (Å²) in [6.07, 6.45) is 7.87. The highest BCUT2D eigenvalue weighted by molar-refractivity contribution is 7.99. The quantitative estimate of drug-likeness (QED) is 0.617. The molecule has 1 N–H and O–H groups in total. The molecule has 0 saturated heterocycles. The number of anilines is 1. The van der Waals surface area contributed by atoms with Crippen molar-refractivity contribution in [2.45, 2.75) is 24.7 Å². The minimum absolute atomic E-state index is 0.384. The van der Waals surface area contributed by atoms with Crippen molar-refractivity contribution in [3.8, 4) is 12.3 Å². The van der Waals surface area contributed by atoms with Crippen LogP contribution in [-0.4, -0.2) is 29.9 Å². The molecule has 0 aliphatic heterocycles. The molecule has 20 heavy (non-hydrogen) atoms. The van der Waals surface area contributed by atoms with Crippen molar-refractivity contribution < 1.29 is 9.90 Å². The summed E-state index contributed by atoms with van der Waals surface area (Å²) in [5.41, 5.74) is 1.14. The Hall–Kier alpha value is -1.60. The molecule has 3 nitrogen and oxygen atoms in total. The first kappa shape index (κ1) is 14.8. The number of benzene rings is 1. The zero-order chi connectivity index (χ0) is 14.5. The topological polar surface area (TPSA) is 40.5 Å². The van der Waals surface area contributed by atoms with Crippen LogP contribution in [0.15, 0.2) is 23.1 Å². The number of hydrogen-bond acceptors (Lipinski definition) is 3. The van der Waals surface area contributed by atoms with Gasteiger partial charge in [-0.25, -0.2) is 4.79 Å². The van der Waals surface area contributed by atoms with Gasteiger partial charge in [0.15, 0.2) is 0 Å². The van der Waals surface area contributed by atoms with Gasteiger partial charge in [-0.05, 0) is 36.6 Å². The van der Waals surface area contributed by atoms with Gasteiger partial charge in [-0.2, -0.15) is 0 Å². The number of terminal acetylenes is 1. The molecule has 1 aromatic rings. The molecule has 1 aliphatic carbocycles. The first-order valence-electron chi connectivity index (χ1n) is 6.84. The van der Waals surface area contributed by atoms with E-state index in [-0.39, 0.29) is 0 Å². The number of carbonyl (C=O) groups is 1. The van der Waals surface area contributed by atoms with E-state index in [9.17, 15) is 9.90 Å². The number of hydrogen-bond donors (Lipinski definition) is 1. The molecule has 0 bridgehead atoms. The first-order valence-corrected chi connectivity index (χ1v) is 7.83. The second-order valence-electron chi connectivity index (χ2n) is 4.92. The molecule has 0 spiro atoms. The summed E-state index contributed by atoms with van der Waals surface area (Å²) in [5.74, 6) is 3.27. The number of aromatic carboxylic acids is 1. The van der Waals surface area contributed by atoms with Crippen LogP contribution in [0.25, 0.3) is 0 Å². The molecule has 4 heteroatoms. The summed E-state index contributed by atoms with van der Waals surface area (Å²) in [7, 11) is 0. The van der Waals surface area contributed by atoms with Crippen molar-refractivity contribution in [2.75, 3.05) is 23.7 Å². The molecule has 1 saturated carbocycles. The van der Waals surface area contributed by atoms with Crippen LogP contribution in [0.1, 0.15) is 30.1 Å². The summed E-state index contributed by atoms with van der Waals surface area (Å²) in [4.78, 5) is 14.5. The lowest BCUT2D eigenvalue weighted by Crippen LogP contribution is -2.28. The van der Waals surface area contributed by atoms with E-state index in [0.717, 1.165) is 22.9 Å². The highest BCUT2D eigenvalue weighted by Crippen LogP contribution is 2.35. The smallest absolute Gasteiger partial charge is 0.338 e. The van der Waals surface area contributed by atoms with Gasteiger partial charge in [0.1, 0.15) is 0 Å². The van der Waals surface area contributed by atoms with Crippen molar-refractivity contribution in [2.24, 2.45) is 5.92 Å². The molecular formula is C16H19NO2S. The maximum atomic E-state index is 11.6. The molecule has 0 radical (unpaired) electrons. The first-order chi connectivity index (χ1) is 9.67. The lowest BCUT2D eigenvalue weighted by atomic mass is 10.1. The molecule has 0 aromatic heterocycles. The molecule has 0 unspecified atom stereocenters. The van der Waals surface area contributed by atoms with E-state index in [1.54, 1.807) is 11.8 Å². The van der Waals surface area contributed by atoms with Crippen LogP contribution in [0, 0.1) is 18.3 Å². The van der Waals surface area contributed by atoms with Crippen molar-refractivity contribution >= 4 is 23.4 Å². The van der Waals surface area contributed by atoms with E-state index in [1.165, 1.54) is 12.8 Å². The number of carboxylic acid groups (broad SMARTS) is 1. The van der Waals surface area contributed by atoms with Gasteiger partial charge in [0.25, 0.3) is 0 Å². The summed E-state index contributed by atoms with van der Waals surface area (Å²) < 4.78 is 0. The Balaban J connectivity index is 2.38. The number of thioether (sulfide) groups is 1. The van der Waals surface area contributed by atoms with Crippen LogP contribution in [-0.2, 0) is 0 Å². The number of rotatable bonds is 7. The third-order valence-electron chi connectivity index (χ3n) is 3.32. The average molecular weight is 289 g/mol. The highest BCUT2D eigenvalue weighted by atomic mass is 32.2. The maximum absolute atomic E-state index is 11.6. The molecule has 1 fully saturated rings. The Kier molecular flexibility index (Phi) is 4.97. The van der Waals surface area contributed by atoms with Gasteiger partial charge in [0, 0.05) is 11.4 Å². The number of carboxylic acids is 1. The third-order valence-corrected chi connectivity index (χ3v) is 4.26. The fourth-order valence-electron chi connectivity index (χ4n) is 2.24. The molecule has 2 rings (SSSR count). The van der Waals surface area contributed by atoms with Crippen LogP contribution in [0.2, 0.25) is 0 Å². The van der Waals surface area contributed by atoms with Crippen molar-refractivity contribution in [1.29, 1.82) is 0 Å². The fourth-order valence-corrected chi connectivity index (χ4v) is 3.07. The molecule has 1 aromatic carbocycles. The van der Waals surface area contributed by atoms with Gasteiger partial charge in [-0.1, -0.05) is 18.9 Å². The van der Waals surface area contributed by atoms with E-state index in [1.807, 2.05) is 30.0 Å². The minimum atomic E-state index is -0.880. The summed E-state index contributed by atoms with van der Waals surface area (Å²) in [6.45, 7) is 3.33. The Morgan fingerprint density at radius 3 is 2.85 bits per heavy atom. The second-order valence-corrected chi connectivity index (χ2v) is 6.22. The van der Waals surface area contributed by atoms with E-state index in [4.69, 9.17) is 6.42 Å². The molecule has 106 valence electrons. The molecular weight excluding hydrogens is 270 g/mol. The van der Waals surface area contributed by atoms with Gasteiger partial charge in [0.05, 0.1) is 17.8 Å². The number of nitrogens with zero attached hydrogens (tertiary/aromatic N) is 1. The Morgan fingerprint density at radius 2 is 2.30 bits per heavy atom. The SMILES string of the molecule is C#CCN(CC1CC1)c1cccc(SCC)c1C(=O)O. The zero-order valence-corrected chi connectivity index (χ0v) is 12.4. The summed E-state index contributed by atoms with van der Waals surface area (Å²) in [5, 5.41) is 9.55. The van der Waals surface area contributed by atoms with Crippen molar-refractivity contribution in [3.63, 3.8) is 0 Å². The Morgan fingerprint density at radius 1 is 1.55 bits per heavy atom. The average Bonchev–Trinajstić information content (AvgIpc) is 3.22. The van der Waals surface area contributed by atoms with E-state index in [0.29, 0.717) is 18.0 Å². The normalized spacial score (nSPS) is 13.8. The second kappa shape index (κ2) is 6.71. The molecule has 0 atom stereocenters. The monoisotopic (exact) mass is 289 g/mol. The van der Waals surface area contributed by atoms with E-state index >= 15 is 0 Å². The predicted molar refractivity (Wildman–Crippen MR) is 83.6 cm³/mol. The van der Waals surface area contributed by atoms with Gasteiger partial charge >= 0.3 is 5.97 Å². The Labute approximate surface area is 124 Å². The van der Waals surface area contributed by atoms with Gasteiger partial charge in [-0.15, -0.1) is 18.2 Å². The summed E-state index contributed by atoms with van der Waals surface area (Å²) in [6, 6.07) is 5.64. The summed E-state index contributed by atoms with van der Waals surface area (Å²) >= 11 is 1.56. The molecule has 0 heterocycles. The van der Waals surface area contributed by atoms with Gasteiger partial charge in [-0.3, -0.25) is 0 Å². The van der Waals surface area contributed by atoms with Crippen LogP contribution < -0.4 is 4.90 Å². The van der Waals surface area contributed by atoms with Crippen molar-refractivity contribution in [3.05, 3.63) is 23.8 Å². The highest BCUT2D eigenvalue weighted by Gasteiger charge is 2.27. The predicted octanol–water partition coefficient (Wildman–Crippen LogP) is 3.35. The Bertz CT molecular complexity index is 532. The maximum Gasteiger partial charge on any atom is 0.338 e.